The largest absolute Gasteiger partial charge is 0.350 e. The van der Waals surface area contributed by atoms with Gasteiger partial charge in [0.15, 0.2) is 0 Å². The van der Waals surface area contributed by atoms with E-state index >= 15 is 0 Å². The molecule has 3 aromatic rings. The van der Waals surface area contributed by atoms with Crippen molar-refractivity contribution in [1.29, 1.82) is 0 Å². The number of rotatable bonds is 2. The number of carbonyl (C=O) groups is 1. The monoisotopic (exact) mass is 335 g/mol. The lowest BCUT2D eigenvalue weighted by Crippen LogP contribution is -2.49. The van der Waals surface area contributed by atoms with Crippen LogP contribution >= 0.6 is 0 Å². The van der Waals surface area contributed by atoms with Crippen LogP contribution in [0.25, 0.3) is 10.9 Å². The molecule has 1 saturated heterocycles. The molecule has 0 unspecified atom stereocenters. The number of piperazine rings is 1. The molecule has 1 aliphatic rings. The molecule has 1 aromatic carbocycles. The minimum atomic E-state index is 0.0694. The second kappa shape index (κ2) is 6.20. The number of fused-ring (bicyclic) bond motifs is 1. The summed E-state index contributed by atoms with van der Waals surface area (Å²) >= 11 is 0. The molecule has 128 valence electrons. The predicted octanol–water partition coefficient (Wildman–Crippen LogP) is 2.54. The van der Waals surface area contributed by atoms with Crippen LogP contribution in [0.15, 0.2) is 36.7 Å². The molecule has 1 fully saturated rings. The highest BCUT2D eigenvalue weighted by Gasteiger charge is 2.25. The van der Waals surface area contributed by atoms with Gasteiger partial charge in [0, 0.05) is 49.5 Å². The zero-order chi connectivity index (χ0) is 17.4. The number of aromatic amines is 1. The smallest absolute Gasteiger partial charge is 0.270 e. The van der Waals surface area contributed by atoms with Crippen molar-refractivity contribution in [3.05, 3.63) is 53.5 Å². The van der Waals surface area contributed by atoms with Gasteiger partial charge in [0.2, 0.25) is 5.95 Å². The summed E-state index contributed by atoms with van der Waals surface area (Å²) in [5, 5.41) is 1.12. The van der Waals surface area contributed by atoms with E-state index in [0.29, 0.717) is 18.8 Å². The molecule has 0 bridgehead atoms. The fourth-order valence-electron chi connectivity index (χ4n) is 3.39. The molecule has 0 radical (unpaired) electrons. The van der Waals surface area contributed by atoms with Gasteiger partial charge in [-0.05, 0) is 37.1 Å². The maximum atomic E-state index is 13.0. The first kappa shape index (κ1) is 15.6. The Morgan fingerprint density at radius 3 is 2.52 bits per heavy atom. The Kier molecular flexibility index (Phi) is 3.87. The van der Waals surface area contributed by atoms with E-state index in [2.05, 4.69) is 45.0 Å². The van der Waals surface area contributed by atoms with Gasteiger partial charge in [-0.15, -0.1) is 0 Å². The van der Waals surface area contributed by atoms with E-state index in [1.807, 2.05) is 17.9 Å². The molecule has 0 aliphatic carbocycles. The van der Waals surface area contributed by atoms with Crippen molar-refractivity contribution in [1.82, 2.24) is 19.9 Å². The lowest BCUT2D eigenvalue weighted by molar-refractivity contribution is 0.0740. The van der Waals surface area contributed by atoms with E-state index in [4.69, 9.17) is 0 Å². The van der Waals surface area contributed by atoms with E-state index < -0.39 is 0 Å². The predicted molar refractivity (Wildman–Crippen MR) is 97.9 cm³/mol. The second-order valence-corrected chi connectivity index (χ2v) is 6.50. The Hall–Kier alpha value is -2.89. The van der Waals surface area contributed by atoms with Crippen LogP contribution in [-0.2, 0) is 0 Å². The molecule has 0 saturated carbocycles. The normalized spacial score (nSPS) is 15.0. The quantitative estimate of drug-likeness (QED) is 0.782. The van der Waals surface area contributed by atoms with Gasteiger partial charge in [-0.25, -0.2) is 9.97 Å². The van der Waals surface area contributed by atoms with Gasteiger partial charge in [0.05, 0.1) is 0 Å². The highest BCUT2D eigenvalue weighted by atomic mass is 16.2. The van der Waals surface area contributed by atoms with Crippen LogP contribution in [0.3, 0.4) is 0 Å². The van der Waals surface area contributed by atoms with Crippen molar-refractivity contribution in [3.8, 4) is 0 Å². The summed E-state index contributed by atoms with van der Waals surface area (Å²) in [6.07, 6.45) is 3.49. The molecule has 6 heteroatoms. The number of anilines is 1. The molecule has 3 heterocycles. The average Bonchev–Trinajstić information content (AvgIpc) is 2.98. The lowest BCUT2D eigenvalue weighted by atomic mass is 10.1. The zero-order valence-electron chi connectivity index (χ0n) is 14.5. The highest BCUT2D eigenvalue weighted by Crippen LogP contribution is 2.24. The third-order valence-electron chi connectivity index (χ3n) is 4.83. The maximum Gasteiger partial charge on any atom is 0.270 e. The van der Waals surface area contributed by atoms with Gasteiger partial charge in [0.1, 0.15) is 5.69 Å². The summed E-state index contributed by atoms with van der Waals surface area (Å²) in [5.41, 5.74) is 3.93. The van der Waals surface area contributed by atoms with Crippen molar-refractivity contribution in [2.24, 2.45) is 0 Å². The molecule has 0 spiro atoms. The van der Waals surface area contributed by atoms with E-state index in [1.165, 1.54) is 5.56 Å². The van der Waals surface area contributed by atoms with Crippen molar-refractivity contribution < 1.29 is 4.79 Å². The highest BCUT2D eigenvalue weighted by molar-refractivity contribution is 6.01. The number of amides is 1. The Bertz CT molecular complexity index is 910. The van der Waals surface area contributed by atoms with Gasteiger partial charge < -0.3 is 14.8 Å². The van der Waals surface area contributed by atoms with E-state index in [9.17, 15) is 4.79 Å². The second-order valence-electron chi connectivity index (χ2n) is 6.50. The minimum Gasteiger partial charge on any atom is -0.350 e. The molecule has 2 aromatic heterocycles. The third kappa shape index (κ3) is 2.84. The summed E-state index contributed by atoms with van der Waals surface area (Å²) in [4.78, 5) is 28.9. The van der Waals surface area contributed by atoms with Crippen LogP contribution in [0.4, 0.5) is 5.95 Å². The number of hydrogen-bond donors (Lipinski definition) is 1. The van der Waals surface area contributed by atoms with Crippen LogP contribution in [0.2, 0.25) is 0 Å². The molecule has 6 nitrogen and oxygen atoms in total. The van der Waals surface area contributed by atoms with Crippen LogP contribution in [0.5, 0.6) is 0 Å². The number of hydrogen-bond acceptors (Lipinski definition) is 4. The van der Waals surface area contributed by atoms with Gasteiger partial charge in [-0.3, -0.25) is 4.79 Å². The van der Waals surface area contributed by atoms with Crippen LogP contribution in [-0.4, -0.2) is 51.9 Å². The molecular formula is C19H21N5O. The minimum absolute atomic E-state index is 0.0694. The Labute approximate surface area is 146 Å². The summed E-state index contributed by atoms with van der Waals surface area (Å²) in [6, 6.07) is 8.06. The fraction of sp³-hybridized carbons (Fsp3) is 0.316. The number of nitrogens with zero attached hydrogens (tertiary/aromatic N) is 4. The van der Waals surface area contributed by atoms with Crippen molar-refractivity contribution >= 4 is 22.8 Å². The van der Waals surface area contributed by atoms with E-state index in [-0.39, 0.29) is 5.91 Å². The standard InChI is InChI=1S/C19H21N5O/c1-13-4-5-15-14(2)17(22-16(15)12-13)18(25)23-8-10-24(11-9-23)19-20-6-3-7-21-19/h3-7,12,22H,8-11H2,1-2H3. The average molecular weight is 335 g/mol. The summed E-state index contributed by atoms with van der Waals surface area (Å²) in [5.74, 6) is 0.798. The molecule has 25 heavy (non-hydrogen) atoms. The number of carbonyl (C=O) groups excluding carboxylic acids is 1. The summed E-state index contributed by atoms with van der Waals surface area (Å²) < 4.78 is 0. The van der Waals surface area contributed by atoms with Crippen molar-refractivity contribution in [2.75, 3.05) is 31.1 Å². The number of nitrogens with one attached hydrogen (secondary N) is 1. The molecule has 1 amide bonds. The number of H-pyrrole nitrogens is 1. The van der Waals surface area contributed by atoms with Crippen molar-refractivity contribution in [3.63, 3.8) is 0 Å². The Morgan fingerprint density at radius 2 is 1.80 bits per heavy atom. The first-order valence-electron chi connectivity index (χ1n) is 8.53. The molecule has 1 N–H and O–H groups in total. The Morgan fingerprint density at radius 1 is 1.08 bits per heavy atom. The van der Waals surface area contributed by atoms with E-state index in [0.717, 1.165) is 35.5 Å². The first-order chi connectivity index (χ1) is 12.1. The third-order valence-corrected chi connectivity index (χ3v) is 4.83. The zero-order valence-corrected chi connectivity index (χ0v) is 14.5. The summed E-state index contributed by atoms with van der Waals surface area (Å²) in [6.45, 7) is 6.90. The lowest BCUT2D eigenvalue weighted by Gasteiger charge is -2.34. The van der Waals surface area contributed by atoms with Gasteiger partial charge in [-0.1, -0.05) is 12.1 Å². The van der Waals surface area contributed by atoms with Gasteiger partial charge >= 0.3 is 0 Å². The van der Waals surface area contributed by atoms with Crippen LogP contribution in [0.1, 0.15) is 21.6 Å². The number of benzene rings is 1. The Balaban J connectivity index is 1.52. The van der Waals surface area contributed by atoms with Crippen LogP contribution < -0.4 is 4.90 Å². The van der Waals surface area contributed by atoms with Crippen molar-refractivity contribution in [2.45, 2.75) is 13.8 Å². The SMILES string of the molecule is Cc1ccc2c(C)c(C(=O)N3CCN(c4ncccn4)CC3)[nH]c2c1. The number of aryl methyl sites for hydroxylation is 2. The maximum absolute atomic E-state index is 13.0. The number of aromatic nitrogens is 3. The molecule has 1 aliphatic heterocycles. The van der Waals surface area contributed by atoms with Crippen LogP contribution in [0, 0.1) is 13.8 Å². The molecular weight excluding hydrogens is 314 g/mol. The van der Waals surface area contributed by atoms with E-state index in [1.54, 1.807) is 12.4 Å². The first-order valence-corrected chi connectivity index (χ1v) is 8.53. The molecule has 0 atom stereocenters. The topological polar surface area (TPSA) is 65.1 Å². The molecule has 4 rings (SSSR count). The summed E-state index contributed by atoms with van der Waals surface area (Å²) in [7, 11) is 0. The van der Waals surface area contributed by atoms with Gasteiger partial charge in [0.25, 0.3) is 5.91 Å². The fourth-order valence-corrected chi connectivity index (χ4v) is 3.39. The van der Waals surface area contributed by atoms with Gasteiger partial charge in [-0.2, -0.15) is 0 Å².